The van der Waals surface area contributed by atoms with E-state index in [1.165, 1.54) is 18.4 Å². The largest absolute Gasteiger partial charge is 0.411 e. The van der Waals surface area contributed by atoms with Crippen molar-refractivity contribution in [3.63, 3.8) is 0 Å². The van der Waals surface area contributed by atoms with Gasteiger partial charge in [-0.15, -0.1) is 0 Å². The molecule has 0 aromatic carbocycles. The van der Waals surface area contributed by atoms with Crippen LogP contribution in [-0.4, -0.2) is 31.0 Å². The molecule has 114 valence electrons. The predicted molar refractivity (Wildman–Crippen MR) is 70.4 cm³/mol. The van der Waals surface area contributed by atoms with Crippen molar-refractivity contribution in [2.75, 3.05) is 20.3 Å². The average Bonchev–Trinajstić information content (AvgIpc) is 3.08. The first-order valence-corrected chi connectivity index (χ1v) is 6.97. The van der Waals surface area contributed by atoms with Gasteiger partial charge in [-0.2, -0.15) is 13.2 Å². The Balaban J connectivity index is 1.70. The van der Waals surface area contributed by atoms with Crippen LogP contribution in [0.2, 0.25) is 0 Å². The Morgan fingerprint density at radius 2 is 2.20 bits per heavy atom. The van der Waals surface area contributed by atoms with E-state index in [-0.39, 0.29) is 6.61 Å². The lowest BCUT2D eigenvalue weighted by molar-refractivity contribution is -0.174. The van der Waals surface area contributed by atoms with Gasteiger partial charge in [-0.25, -0.2) is 0 Å². The van der Waals surface area contributed by atoms with Gasteiger partial charge in [-0.05, 0) is 43.9 Å². The first-order chi connectivity index (χ1) is 9.49. The first kappa shape index (κ1) is 15.4. The summed E-state index contributed by atoms with van der Waals surface area (Å²) in [5.74, 6) is 0.728. The van der Waals surface area contributed by atoms with Gasteiger partial charge < -0.3 is 14.6 Å². The number of hydrogen-bond acceptors (Lipinski definition) is 2. The fourth-order valence-electron chi connectivity index (χ4n) is 2.42. The normalized spacial score (nSPS) is 17.4. The van der Waals surface area contributed by atoms with E-state index in [1.807, 2.05) is 17.8 Å². The maximum atomic E-state index is 11.9. The van der Waals surface area contributed by atoms with Crippen molar-refractivity contribution in [3.05, 3.63) is 24.0 Å². The number of ether oxygens (including phenoxy) is 1. The van der Waals surface area contributed by atoms with Gasteiger partial charge in [0.25, 0.3) is 0 Å². The summed E-state index contributed by atoms with van der Waals surface area (Å²) in [6.07, 6.45) is 2.93. The Hall–Kier alpha value is -1.01. The zero-order chi connectivity index (χ0) is 14.6. The van der Waals surface area contributed by atoms with Crippen LogP contribution in [0.3, 0.4) is 0 Å². The maximum absolute atomic E-state index is 11.9. The molecule has 1 heterocycles. The topological polar surface area (TPSA) is 26.2 Å². The molecular weight excluding hydrogens is 269 g/mol. The minimum absolute atomic E-state index is 0.130. The quantitative estimate of drug-likeness (QED) is 0.744. The molecule has 1 atom stereocenters. The number of aromatic nitrogens is 1. The summed E-state index contributed by atoms with van der Waals surface area (Å²) >= 11 is 0. The van der Waals surface area contributed by atoms with Crippen molar-refractivity contribution < 1.29 is 17.9 Å². The highest BCUT2D eigenvalue weighted by Gasteiger charge is 2.31. The molecule has 20 heavy (non-hydrogen) atoms. The third kappa shape index (κ3) is 4.83. The molecule has 1 aromatic heterocycles. The molecule has 1 aliphatic carbocycles. The third-order valence-electron chi connectivity index (χ3n) is 3.51. The molecule has 0 amide bonds. The Kier molecular flexibility index (Phi) is 5.10. The van der Waals surface area contributed by atoms with E-state index in [0.29, 0.717) is 19.0 Å². The minimum Gasteiger partial charge on any atom is -0.372 e. The zero-order valence-electron chi connectivity index (χ0n) is 11.6. The molecule has 2 rings (SSSR count). The summed E-state index contributed by atoms with van der Waals surface area (Å²) in [4.78, 5) is 0. The van der Waals surface area contributed by atoms with Gasteiger partial charge in [0.15, 0.2) is 0 Å². The SMILES string of the molecule is CNC(c1ccn(CCCOCC(F)(F)F)c1)C1CC1. The molecule has 1 aromatic rings. The van der Waals surface area contributed by atoms with Crippen molar-refractivity contribution in [2.45, 2.75) is 38.0 Å². The van der Waals surface area contributed by atoms with Gasteiger partial charge in [0.05, 0.1) is 0 Å². The monoisotopic (exact) mass is 290 g/mol. The van der Waals surface area contributed by atoms with E-state index in [0.717, 1.165) is 5.92 Å². The molecule has 6 heteroatoms. The van der Waals surface area contributed by atoms with Gasteiger partial charge in [0, 0.05) is 31.6 Å². The highest BCUT2D eigenvalue weighted by atomic mass is 19.4. The molecule has 3 nitrogen and oxygen atoms in total. The van der Waals surface area contributed by atoms with Crippen molar-refractivity contribution in [1.82, 2.24) is 9.88 Å². The Morgan fingerprint density at radius 1 is 1.45 bits per heavy atom. The molecule has 1 unspecified atom stereocenters. The lowest BCUT2D eigenvalue weighted by Gasteiger charge is -2.13. The second-order valence-corrected chi connectivity index (χ2v) is 5.31. The molecular formula is C14H21F3N2O. The van der Waals surface area contributed by atoms with E-state index >= 15 is 0 Å². The van der Waals surface area contributed by atoms with Crippen LogP contribution in [-0.2, 0) is 11.3 Å². The number of nitrogens with zero attached hydrogens (tertiary/aromatic N) is 1. The highest BCUT2D eigenvalue weighted by molar-refractivity contribution is 5.18. The zero-order valence-corrected chi connectivity index (χ0v) is 11.6. The van der Waals surface area contributed by atoms with E-state index in [4.69, 9.17) is 0 Å². The first-order valence-electron chi connectivity index (χ1n) is 6.97. The number of aryl methyl sites for hydroxylation is 1. The van der Waals surface area contributed by atoms with Crippen LogP contribution in [0, 0.1) is 5.92 Å². The smallest absolute Gasteiger partial charge is 0.372 e. The maximum Gasteiger partial charge on any atom is 0.411 e. The summed E-state index contributed by atoms with van der Waals surface area (Å²) in [6.45, 7) is -0.350. The molecule has 1 aliphatic rings. The standard InChI is InChI=1S/C14H21F3N2O/c1-18-13(11-3-4-11)12-5-7-19(9-12)6-2-8-20-10-14(15,16)17/h5,7,9,11,13,18H,2-4,6,8,10H2,1H3. The van der Waals surface area contributed by atoms with Crippen molar-refractivity contribution in [2.24, 2.45) is 5.92 Å². The molecule has 0 aliphatic heterocycles. The minimum atomic E-state index is -4.23. The molecule has 0 saturated heterocycles. The van der Waals surface area contributed by atoms with Crippen LogP contribution in [0.15, 0.2) is 18.5 Å². The van der Waals surface area contributed by atoms with E-state index in [1.54, 1.807) is 0 Å². The van der Waals surface area contributed by atoms with Crippen molar-refractivity contribution in [3.8, 4) is 0 Å². The fourth-order valence-corrected chi connectivity index (χ4v) is 2.42. The lowest BCUT2D eigenvalue weighted by atomic mass is 10.1. The molecule has 1 saturated carbocycles. The summed E-state index contributed by atoms with van der Waals surface area (Å²) in [5, 5.41) is 3.32. The second-order valence-electron chi connectivity index (χ2n) is 5.31. The molecule has 0 spiro atoms. The lowest BCUT2D eigenvalue weighted by Crippen LogP contribution is -2.18. The van der Waals surface area contributed by atoms with E-state index in [9.17, 15) is 13.2 Å². The average molecular weight is 290 g/mol. The van der Waals surface area contributed by atoms with Gasteiger partial charge in [0.1, 0.15) is 6.61 Å². The molecule has 0 radical (unpaired) electrons. The van der Waals surface area contributed by atoms with Crippen LogP contribution >= 0.6 is 0 Å². The van der Waals surface area contributed by atoms with Gasteiger partial charge in [-0.3, -0.25) is 0 Å². The fraction of sp³-hybridized carbons (Fsp3) is 0.714. The van der Waals surface area contributed by atoms with Crippen LogP contribution in [0.4, 0.5) is 13.2 Å². The van der Waals surface area contributed by atoms with E-state index < -0.39 is 12.8 Å². The van der Waals surface area contributed by atoms with Crippen LogP contribution in [0.5, 0.6) is 0 Å². The van der Waals surface area contributed by atoms with Crippen molar-refractivity contribution >= 4 is 0 Å². The van der Waals surface area contributed by atoms with Gasteiger partial charge in [0.2, 0.25) is 0 Å². The Labute approximate surface area is 117 Å². The van der Waals surface area contributed by atoms with E-state index in [2.05, 4.69) is 22.3 Å². The summed E-state index contributed by atoms with van der Waals surface area (Å²) in [5.41, 5.74) is 1.26. The Morgan fingerprint density at radius 3 is 2.80 bits per heavy atom. The number of nitrogens with one attached hydrogen (secondary N) is 1. The van der Waals surface area contributed by atoms with Crippen LogP contribution < -0.4 is 5.32 Å². The van der Waals surface area contributed by atoms with Gasteiger partial charge in [-0.1, -0.05) is 0 Å². The third-order valence-corrected chi connectivity index (χ3v) is 3.51. The van der Waals surface area contributed by atoms with Crippen molar-refractivity contribution in [1.29, 1.82) is 0 Å². The second kappa shape index (κ2) is 6.63. The molecule has 0 bridgehead atoms. The van der Waals surface area contributed by atoms with Gasteiger partial charge >= 0.3 is 6.18 Å². The summed E-state index contributed by atoms with van der Waals surface area (Å²) in [6, 6.07) is 2.48. The number of hydrogen-bond donors (Lipinski definition) is 1. The number of rotatable bonds is 8. The Bertz CT molecular complexity index is 413. The van der Waals surface area contributed by atoms with Crippen LogP contribution in [0.1, 0.15) is 30.9 Å². The molecule has 1 N–H and O–H groups in total. The number of halogens is 3. The predicted octanol–water partition coefficient (Wildman–Crippen LogP) is 3.13. The summed E-state index contributed by atoms with van der Waals surface area (Å²) < 4.78 is 42.2. The molecule has 1 fully saturated rings. The highest BCUT2D eigenvalue weighted by Crippen LogP contribution is 2.40. The summed E-state index contributed by atoms with van der Waals surface area (Å²) in [7, 11) is 1.96. The van der Waals surface area contributed by atoms with Crippen LogP contribution in [0.25, 0.3) is 0 Å². The number of alkyl halides is 3.